The first-order valence-corrected chi connectivity index (χ1v) is 6.74. The Bertz CT molecular complexity index is 669. The lowest BCUT2D eigenvalue weighted by atomic mass is 10.2. The van der Waals surface area contributed by atoms with Crippen molar-refractivity contribution in [2.24, 2.45) is 0 Å². The lowest BCUT2D eigenvalue weighted by molar-refractivity contribution is 0.441. The van der Waals surface area contributed by atoms with E-state index in [0.29, 0.717) is 28.2 Å². The van der Waals surface area contributed by atoms with Crippen LogP contribution in [0.2, 0.25) is 0 Å². The van der Waals surface area contributed by atoms with Crippen LogP contribution in [-0.4, -0.2) is 21.6 Å². The number of likely N-dealkylation sites (N-methyl/N-ethyl adjacent to an activating group) is 1. The molecule has 0 atom stereocenters. The van der Waals surface area contributed by atoms with E-state index in [1.807, 2.05) is 37.3 Å². The summed E-state index contributed by atoms with van der Waals surface area (Å²) in [4.78, 5) is 2.38. The highest BCUT2D eigenvalue weighted by atomic mass is 32.1. The zero-order valence-electron chi connectivity index (χ0n) is 10.3. The molecule has 2 aromatic rings. The third kappa shape index (κ3) is 2.15. The summed E-state index contributed by atoms with van der Waals surface area (Å²) in [5.74, 6) is 1.28. The molecule has 19 heavy (non-hydrogen) atoms. The Balaban J connectivity index is 1.98. The van der Waals surface area contributed by atoms with Crippen molar-refractivity contribution in [1.82, 2.24) is 4.90 Å². The maximum Gasteiger partial charge on any atom is 0.270 e. The van der Waals surface area contributed by atoms with Crippen LogP contribution in [0.3, 0.4) is 0 Å². The first-order chi connectivity index (χ1) is 9.19. The molecule has 3 nitrogen and oxygen atoms in total. The number of hydrogen-bond donors (Lipinski definition) is 0. The van der Waals surface area contributed by atoms with Crippen molar-refractivity contribution < 1.29 is 9.15 Å². The number of ether oxygens (including phenoxy) is 1. The predicted octanol–water partition coefficient (Wildman–Crippen LogP) is 3.74. The highest BCUT2D eigenvalue weighted by Crippen LogP contribution is 2.24. The van der Waals surface area contributed by atoms with Crippen LogP contribution in [0.15, 0.2) is 40.5 Å². The standard InChI is InChI=1S/C14H11NO2S2/c1-2-15-13(18)12(17-14(15)19)8-10-7-9-5-3-4-6-11(9)16-10/h3-8H,2H2,1H3/b12-8+. The van der Waals surface area contributed by atoms with Gasteiger partial charge in [-0.3, -0.25) is 4.90 Å². The van der Waals surface area contributed by atoms with E-state index in [-0.39, 0.29) is 0 Å². The molecular weight excluding hydrogens is 278 g/mol. The number of thiocarbonyl (C=S) groups is 2. The average Bonchev–Trinajstić information content (AvgIpc) is 2.91. The average molecular weight is 289 g/mol. The monoisotopic (exact) mass is 289 g/mol. The summed E-state index contributed by atoms with van der Waals surface area (Å²) in [5.41, 5.74) is 0.841. The summed E-state index contributed by atoms with van der Waals surface area (Å²) < 4.78 is 11.2. The molecule has 0 saturated carbocycles. The van der Waals surface area contributed by atoms with Gasteiger partial charge in [-0.15, -0.1) is 0 Å². The van der Waals surface area contributed by atoms with Gasteiger partial charge in [0.05, 0.1) is 0 Å². The van der Waals surface area contributed by atoms with Gasteiger partial charge < -0.3 is 9.15 Å². The highest BCUT2D eigenvalue weighted by Gasteiger charge is 2.28. The fourth-order valence-corrected chi connectivity index (χ4v) is 2.66. The van der Waals surface area contributed by atoms with Gasteiger partial charge in [-0.25, -0.2) is 0 Å². The Morgan fingerprint density at radius 2 is 2.05 bits per heavy atom. The molecule has 1 aliphatic heterocycles. The fraction of sp³-hybridized carbons (Fsp3) is 0.143. The van der Waals surface area contributed by atoms with E-state index in [9.17, 15) is 0 Å². The summed E-state index contributed by atoms with van der Waals surface area (Å²) >= 11 is 10.4. The largest absolute Gasteiger partial charge is 0.457 e. The van der Waals surface area contributed by atoms with E-state index in [0.717, 1.165) is 11.0 Å². The molecular formula is C14H11NO2S2. The van der Waals surface area contributed by atoms with Crippen LogP contribution in [-0.2, 0) is 4.74 Å². The summed E-state index contributed by atoms with van der Waals surface area (Å²) in [6, 6.07) is 9.78. The number of fused-ring (bicyclic) bond motifs is 1. The van der Waals surface area contributed by atoms with Crippen LogP contribution in [0, 0.1) is 0 Å². The van der Waals surface area contributed by atoms with Crippen molar-refractivity contribution >= 4 is 51.6 Å². The van der Waals surface area contributed by atoms with E-state index in [4.69, 9.17) is 33.6 Å². The molecule has 0 radical (unpaired) electrons. The Morgan fingerprint density at radius 1 is 1.26 bits per heavy atom. The maximum atomic E-state index is 5.70. The highest BCUT2D eigenvalue weighted by molar-refractivity contribution is 7.82. The molecule has 1 saturated heterocycles. The molecule has 0 bridgehead atoms. The van der Waals surface area contributed by atoms with Crippen molar-refractivity contribution in [3.8, 4) is 0 Å². The van der Waals surface area contributed by atoms with Crippen LogP contribution >= 0.6 is 24.4 Å². The van der Waals surface area contributed by atoms with E-state index in [2.05, 4.69) is 0 Å². The second kappa shape index (κ2) is 4.75. The topological polar surface area (TPSA) is 25.6 Å². The van der Waals surface area contributed by atoms with Crippen molar-refractivity contribution in [3.05, 3.63) is 41.9 Å². The lowest BCUT2D eigenvalue weighted by Crippen LogP contribution is -2.26. The van der Waals surface area contributed by atoms with Gasteiger partial charge in [-0.2, -0.15) is 0 Å². The van der Waals surface area contributed by atoms with Gasteiger partial charge in [0, 0.05) is 18.0 Å². The molecule has 1 fully saturated rings. The zero-order valence-corrected chi connectivity index (χ0v) is 11.9. The summed E-state index contributed by atoms with van der Waals surface area (Å²) in [5, 5.41) is 1.45. The molecule has 0 amide bonds. The van der Waals surface area contributed by atoms with Gasteiger partial charge in [0.15, 0.2) is 10.7 Å². The minimum absolute atomic E-state index is 0.398. The minimum atomic E-state index is 0.398. The van der Waals surface area contributed by atoms with Crippen LogP contribution < -0.4 is 0 Å². The number of para-hydroxylation sites is 1. The van der Waals surface area contributed by atoms with E-state index in [1.54, 1.807) is 11.0 Å². The summed E-state index contributed by atoms with van der Waals surface area (Å²) in [6.45, 7) is 2.68. The molecule has 0 unspecified atom stereocenters. The van der Waals surface area contributed by atoms with Crippen molar-refractivity contribution in [1.29, 1.82) is 0 Å². The summed E-state index contributed by atoms with van der Waals surface area (Å²) in [6.07, 6.45) is 1.78. The van der Waals surface area contributed by atoms with Gasteiger partial charge in [-0.1, -0.05) is 30.4 Å². The Kier molecular flexibility index (Phi) is 3.08. The first kappa shape index (κ1) is 12.3. The number of furan rings is 1. The summed E-state index contributed by atoms with van der Waals surface area (Å²) in [7, 11) is 0. The Morgan fingerprint density at radius 3 is 2.74 bits per heavy atom. The van der Waals surface area contributed by atoms with Gasteiger partial charge in [0.1, 0.15) is 11.3 Å². The van der Waals surface area contributed by atoms with Crippen LogP contribution in [0.25, 0.3) is 17.0 Å². The third-order valence-corrected chi connectivity index (χ3v) is 3.63. The molecule has 0 spiro atoms. The van der Waals surface area contributed by atoms with E-state index in [1.165, 1.54) is 0 Å². The lowest BCUT2D eigenvalue weighted by Gasteiger charge is -2.09. The molecule has 1 aliphatic rings. The van der Waals surface area contributed by atoms with Crippen molar-refractivity contribution in [3.63, 3.8) is 0 Å². The maximum absolute atomic E-state index is 5.70. The van der Waals surface area contributed by atoms with Gasteiger partial charge in [-0.05, 0) is 31.3 Å². The quantitative estimate of drug-likeness (QED) is 0.620. The van der Waals surface area contributed by atoms with Crippen LogP contribution in [0.4, 0.5) is 0 Å². The Labute approximate surface area is 121 Å². The molecule has 3 rings (SSSR count). The van der Waals surface area contributed by atoms with Crippen LogP contribution in [0.5, 0.6) is 0 Å². The molecule has 0 aliphatic carbocycles. The third-order valence-electron chi connectivity index (χ3n) is 2.91. The minimum Gasteiger partial charge on any atom is -0.457 e. The molecule has 5 heteroatoms. The van der Waals surface area contributed by atoms with E-state index < -0.39 is 0 Å². The van der Waals surface area contributed by atoms with Crippen molar-refractivity contribution in [2.45, 2.75) is 6.92 Å². The fourth-order valence-electron chi connectivity index (χ4n) is 1.98. The van der Waals surface area contributed by atoms with Crippen LogP contribution in [0.1, 0.15) is 12.7 Å². The molecule has 1 aromatic heterocycles. The zero-order chi connectivity index (χ0) is 13.4. The first-order valence-electron chi connectivity index (χ1n) is 5.93. The number of nitrogens with zero attached hydrogens (tertiary/aromatic N) is 1. The Hall–Kier alpha value is -1.72. The molecule has 96 valence electrons. The van der Waals surface area contributed by atoms with E-state index >= 15 is 0 Å². The second-order valence-electron chi connectivity index (χ2n) is 4.11. The van der Waals surface area contributed by atoms with Gasteiger partial charge in [0.25, 0.3) is 5.17 Å². The molecule has 1 aromatic carbocycles. The van der Waals surface area contributed by atoms with Crippen molar-refractivity contribution in [2.75, 3.05) is 6.54 Å². The van der Waals surface area contributed by atoms with Gasteiger partial charge >= 0.3 is 0 Å². The smallest absolute Gasteiger partial charge is 0.270 e. The molecule has 0 N–H and O–H groups in total. The normalized spacial score (nSPS) is 17.5. The second-order valence-corrected chi connectivity index (χ2v) is 4.85. The van der Waals surface area contributed by atoms with Gasteiger partial charge in [0.2, 0.25) is 0 Å². The number of hydrogen-bond acceptors (Lipinski definition) is 4. The predicted molar refractivity (Wildman–Crippen MR) is 82.9 cm³/mol. The molecule has 2 heterocycles. The number of benzene rings is 1. The number of rotatable bonds is 2. The SMILES string of the molecule is CCN1C(=S)O/C(=C/c2cc3ccccc3o2)C1=S.